The number of carboxylic acid groups (broad SMARTS) is 1. The summed E-state index contributed by atoms with van der Waals surface area (Å²) in [5, 5.41) is 13.6. The summed E-state index contributed by atoms with van der Waals surface area (Å²) in [7, 11) is 0. The minimum Gasteiger partial charge on any atom is -0.543 e. The molecule has 1 N–H and O–H groups in total. The van der Waals surface area contributed by atoms with Crippen LogP contribution in [0.1, 0.15) is 29.8 Å². The first-order valence-corrected chi connectivity index (χ1v) is 7.98. The fourth-order valence-electron chi connectivity index (χ4n) is 2.02. The Morgan fingerprint density at radius 3 is 2.28 bits per heavy atom. The van der Waals surface area contributed by atoms with Crippen LogP contribution < -0.4 is 15.2 Å². The van der Waals surface area contributed by atoms with Gasteiger partial charge in [-0.25, -0.2) is 0 Å². The van der Waals surface area contributed by atoms with Gasteiger partial charge in [0.05, 0.1) is 18.3 Å². The maximum atomic E-state index is 12.2. The number of carboxylic acids is 1. The number of carbonyl (C=O) groups excluding carboxylic acids is 2. The second-order valence-electron chi connectivity index (χ2n) is 5.94. The zero-order valence-corrected chi connectivity index (χ0v) is 14.2. The lowest BCUT2D eigenvalue weighted by Crippen LogP contribution is -2.35. The summed E-state index contributed by atoms with van der Waals surface area (Å²) in [6.07, 6.45) is 1.35. The lowest BCUT2D eigenvalue weighted by atomic mass is 10.1. The molecule has 0 unspecified atom stereocenters. The molecule has 0 heterocycles. The molecule has 0 radical (unpaired) electrons. The maximum absolute atomic E-state index is 12.2. The summed E-state index contributed by atoms with van der Waals surface area (Å²) < 4.78 is 5.55. The second-order valence-corrected chi connectivity index (χ2v) is 5.94. The van der Waals surface area contributed by atoms with Crippen molar-refractivity contribution in [3.63, 3.8) is 0 Å². The van der Waals surface area contributed by atoms with Gasteiger partial charge in [0.2, 0.25) is 0 Å². The molecule has 25 heavy (non-hydrogen) atoms. The number of hydrogen-bond acceptors (Lipinski definition) is 4. The third-order valence-electron chi connectivity index (χ3n) is 3.28. The van der Waals surface area contributed by atoms with E-state index >= 15 is 0 Å². The third kappa shape index (κ3) is 5.80. The van der Waals surface area contributed by atoms with Gasteiger partial charge in [-0.1, -0.05) is 44.2 Å². The molecule has 0 aromatic heterocycles. The number of hydrogen-bond donors (Lipinski definition) is 1. The molecular weight excluding hydrogens is 318 g/mol. The number of carbonyl (C=O) groups is 2. The lowest BCUT2D eigenvalue weighted by Gasteiger charge is -2.12. The Kier molecular flexibility index (Phi) is 6.34. The molecule has 0 aliphatic carbocycles. The predicted molar refractivity (Wildman–Crippen MR) is 93.7 cm³/mol. The Labute approximate surface area is 146 Å². The van der Waals surface area contributed by atoms with Crippen molar-refractivity contribution < 1.29 is 19.4 Å². The Morgan fingerprint density at radius 2 is 1.72 bits per heavy atom. The fourth-order valence-corrected chi connectivity index (χ4v) is 2.02. The minimum atomic E-state index is -1.45. The molecular formula is C20H20NO4-. The van der Waals surface area contributed by atoms with Crippen molar-refractivity contribution in [1.82, 2.24) is 5.32 Å². The Hall–Kier alpha value is -3.08. The molecule has 130 valence electrons. The molecule has 0 aliphatic rings. The Bertz CT molecular complexity index is 749. The first-order chi connectivity index (χ1) is 12.0. The smallest absolute Gasteiger partial charge is 0.255 e. The van der Waals surface area contributed by atoms with Crippen LogP contribution in [0.3, 0.4) is 0 Å². The molecule has 2 aromatic carbocycles. The molecule has 2 rings (SSSR count). The van der Waals surface area contributed by atoms with Gasteiger partial charge < -0.3 is 20.0 Å². The van der Waals surface area contributed by atoms with Gasteiger partial charge in [0.15, 0.2) is 0 Å². The molecule has 0 fully saturated rings. The lowest BCUT2D eigenvalue weighted by molar-refractivity contribution is -0.299. The van der Waals surface area contributed by atoms with E-state index in [1.54, 1.807) is 48.5 Å². The number of nitrogens with one attached hydrogen (secondary N) is 1. The normalized spacial score (nSPS) is 11.2. The molecule has 0 saturated carbocycles. The molecule has 0 saturated heterocycles. The SMILES string of the molecule is CC(C)COc1ccc(C(=O)N/C(=C/c2ccccc2)C(=O)[O-])cc1. The van der Waals surface area contributed by atoms with Gasteiger partial charge in [-0.05, 0) is 41.8 Å². The van der Waals surface area contributed by atoms with Crippen LogP contribution in [0.15, 0.2) is 60.3 Å². The third-order valence-corrected chi connectivity index (χ3v) is 3.28. The topological polar surface area (TPSA) is 78.5 Å². The van der Waals surface area contributed by atoms with E-state index in [0.29, 0.717) is 29.4 Å². The standard InChI is InChI=1S/C20H21NO4/c1-14(2)13-25-17-10-8-16(9-11-17)19(22)21-18(20(23)24)12-15-6-4-3-5-7-15/h3-12,14H,13H2,1-2H3,(H,21,22)(H,23,24)/p-1/b18-12+. The highest BCUT2D eigenvalue weighted by Gasteiger charge is 2.09. The average molecular weight is 338 g/mol. The molecule has 5 nitrogen and oxygen atoms in total. The highest BCUT2D eigenvalue weighted by Crippen LogP contribution is 2.14. The van der Waals surface area contributed by atoms with Gasteiger partial charge >= 0.3 is 0 Å². The number of amides is 1. The number of ether oxygens (including phenoxy) is 1. The summed E-state index contributed by atoms with van der Waals surface area (Å²) >= 11 is 0. The zero-order valence-electron chi connectivity index (χ0n) is 14.2. The molecule has 0 bridgehead atoms. The fraction of sp³-hybridized carbons (Fsp3) is 0.200. The molecule has 0 aliphatic heterocycles. The monoisotopic (exact) mass is 338 g/mol. The van der Waals surface area contributed by atoms with Crippen molar-refractivity contribution in [2.75, 3.05) is 6.61 Å². The number of aliphatic carboxylic acids is 1. The van der Waals surface area contributed by atoms with Crippen LogP contribution in [0, 0.1) is 5.92 Å². The number of rotatable bonds is 7. The predicted octanol–water partition coefficient (Wildman–Crippen LogP) is 2.24. The average Bonchev–Trinajstić information content (AvgIpc) is 2.60. The van der Waals surface area contributed by atoms with Gasteiger partial charge in [0, 0.05) is 5.56 Å². The second kappa shape index (κ2) is 8.68. The summed E-state index contributed by atoms with van der Waals surface area (Å²) in [6, 6.07) is 15.4. The summed E-state index contributed by atoms with van der Waals surface area (Å²) in [5.74, 6) is -0.919. The highest BCUT2D eigenvalue weighted by molar-refractivity contribution is 6.02. The van der Waals surface area contributed by atoms with Crippen molar-refractivity contribution in [3.05, 3.63) is 71.4 Å². The van der Waals surface area contributed by atoms with E-state index in [9.17, 15) is 14.7 Å². The van der Waals surface area contributed by atoms with Gasteiger partial charge in [-0.15, -0.1) is 0 Å². The highest BCUT2D eigenvalue weighted by atomic mass is 16.5. The van der Waals surface area contributed by atoms with Crippen LogP contribution in [0.5, 0.6) is 5.75 Å². The molecule has 5 heteroatoms. The van der Waals surface area contributed by atoms with Crippen LogP contribution in [-0.4, -0.2) is 18.5 Å². The van der Waals surface area contributed by atoms with Crippen LogP contribution in [0.2, 0.25) is 0 Å². The Morgan fingerprint density at radius 1 is 1.08 bits per heavy atom. The molecule has 2 aromatic rings. The van der Waals surface area contributed by atoms with E-state index in [4.69, 9.17) is 4.74 Å². The summed E-state index contributed by atoms with van der Waals surface area (Å²) in [4.78, 5) is 23.5. The van der Waals surface area contributed by atoms with E-state index in [1.165, 1.54) is 6.08 Å². The van der Waals surface area contributed by atoms with E-state index in [0.717, 1.165) is 0 Å². The van der Waals surface area contributed by atoms with Crippen LogP contribution >= 0.6 is 0 Å². The first kappa shape index (κ1) is 18.3. The van der Waals surface area contributed by atoms with E-state index < -0.39 is 11.9 Å². The van der Waals surface area contributed by atoms with Crippen molar-refractivity contribution in [1.29, 1.82) is 0 Å². The van der Waals surface area contributed by atoms with Gasteiger partial charge in [0.1, 0.15) is 5.75 Å². The van der Waals surface area contributed by atoms with Crippen molar-refractivity contribution in [3.8, 4) is 5.75 Å². The largest absolute Gasteiger partial charge is 0.543 e. The number of benzene rings is 2. The van der Waals surface area contributed by atoms with Crippen molar-refractivity contribution in [2.45, 2.75) is 13.8 Å². The van der Waals surface area contributed by atoms with Gasteiger partial charge in [0.25, 0.3) is 5.91 Å². The van der Waals surface area contributed by atoms with Crippen molar-refractivity contribution in [2.24, 2.45) is 5.92 Å². The van der Waals surface area contributed by atoms with E-state index in [2.05, 4.69) is 5.32 Å². The Balaban J connectivity index is 2.08. The minimum absolute atomic E-state index is 0.295. The summed E-state index contributed by atoms with van der Waals surface area (Å²) in [5.41, 5.74) is 0.688. The van der Waals surface area contributed by atoms with Gasteiger partial charge in [-0.3, -0.25) is 4.79 Å². The van der Waals surface area contributed by atoms with Crippen molar-refractivity contribution >= 4 is 18.0 Å². The van der Waals surface area contributed by atoms with Crippen LogP contribution in [0.25, 0.3) is 6.08 Å². The van der Waals surface area contributed by atoms with Gasteiger partial charge in [-0.2, -0.15) is 0 Å². The quantitative estimate of drug-likeness (QED) is 0.785. The van der Waals surface area contributed by atoms with Crippen LogP contribution in [-0.2, 0) is 4.79 Å². The first-order valence-electron chi connectivity index (χ1n) is 7.98. The molecule has 0 atom stereocenters. The molecule has 0 spiro atoms. The van der Waals surface area contributed by atoms with E-state index in [1.807, 2.05) is 19.9 Å². The zero-order chi connectivity index (χ0) is 18.2. The van der Waals surface area contributed by atoms with Crippen LogP contribution in [0.4, 0.5) is 0 Å². The van der Waals surface area contributed by atoms with E-state index in [-0.39, 0.29) is 5.70 Å². The summed E-state index contributed by atoms with van der Waals surface area (Å²) in [6.45, 7) is 4.67. The maximum Gasteiger partial charge on any atom is 0.255 e. The molecule has 1 amide bonds.